The highest BCUT2D eigenvalue weighted by molar-refractivity contribution is 6.09. The van der Waals surface area contributed by atoms with E-state index in [1.54, 1.807) is 6.07 Å². The van der Waals surface area contributed by atoms with E-state index in [1.165, 1.54) is 0 Å². The summed E-state index contributed by atoms with van der Waals surface area (Å²) in [5.41, 5.74) is 3.57. The molecular weight excluding hydrogens is 236 g/mol. The molecule has 2 nitrogen and oxygen atoms in total. The Hall–Kier alpha value is -2.35. The van der Waals surface area contributed by atoms with Crippen molar-refractivity contribution >= 4 is 16.8 Å². The molecule has 0 saturated heterocycles. The van der Waals surface area contributed by atoms with E-state index >= 15 is 0 Å². The molecule has 1 aromatic heterocycles. The maximum Gasteiger partial charge on any atom is 0.228 e. The van der Waals surface area contributed by atoms with Gasteiger partial charge < -0.3 is 4.42 Å². The molecule has 0 bridgehead atoms. The number of furan rings is 1. The third-order valence-electron chi connectivity index (χ3n) is 3.28. The molecule has 94 valence electrons. The average Bonchev–Trinajstić information content (AvgIpc) is 2.81. The Labute approximate surface area is 111 Å². The fourth-order valence-electron chi connectivity index (χ4n) is 2.29. The molecule has 0 aliphatic carbocycles. The van der Waals surface area contributed by atoms with E-state index in [1.807, 2.05) is 56.3 Å². The van der Waals surface area contributed by atoms with E-state index < -0.39 is 0 Å². The number of ketones is 1. The van der Waals surface area contributed by atoms with Crippen molar-refractivity contribution in [2.75, 3.05) is 0 Å². The minimum Gasteiger partial charge on any atom is -0.453 e. The summed E-state index contributed by atoms with van der Waals surface area (Å²) in [6, 6.07) is 15.3. The predicted octanol–water partition coefficient (Wildman–Crippen LogP) is 4.28. The van der Waals surface area contributed by atoms with Crippen LogP contribution in [0.3, 0.4) is 0 Å². The number of carbonyl (C=O) groups is 1. The number of para-hydroxylation sites is 1. The summed E-state index contributed by atoms with van der Waals surface area (Å²) >= 11 is 0. The molecule has 0 amide bonds. The van der Waals surface area contributed by atoms with E-state index in [0.717, 1.165) is 22.1 Å². The number of aryl methyl sites for hydroxylation is 2. The SMILES string of the molecule is Cc1ccc(C(=O)c2cc3ccccc3o2)c(C)c1. The lowest BCUT2D eigenvalue weighted by molar-refractivity contribution is 0.101. The fraction of sp³-hybridized carbons (Fsp3) is 0.118. The maximum atomic E-state index is 12.5. The molecule has 19 heavy (non-hydrogen) atoms. The van der Waals surface area contributed by atoms with E-state index in [-0.39, 0.29) is 5.78 Å². The first-order valence-corrected chi connectivity index (χ1v) is 6.26. The van der Waals surface area contributed by atoms with E-state index in [0.29, 0.717) is 11.3 Å². The largest absolute Gasteiger partial charge is 0.453 e. The zero-order valence-corrected chi connectivity index (χ0v) is 10.9. The quantitative estimate of drug-likeness (QED) is 0.635. The Balaban J connectivity index is 2.08. The van der Waals surface area contributed by atoms with Gasteiger partial charge in [0.15, 0.2) is 5.76 Å². The lowest BCUT2D eigenvalue weighted by atomic mass is 10.0. The van der Waals surface area contributed by atoms with Crippen LogP contribution < -0.4 is 0 Å². The van der Waals surface area contributed by atoms with Gasteiger partial charge in [-0.3, -0.25) is 4.79 Å². The van der Waals surface area contributed by atoms with Gasteiger partial charge >= 0.3 is 0 Å². The molecule has 0 aliphatic rings. The molecule has 3 aromatic rings. The van der Waals surface area contributed by atoms with E-state index in [4.69, 9.17) is 4.42 Å². The summed E-state index contributed by atoms with van der Waals surface area (Å²) < 4.78 is 5.62. The predicted molar refractivity (Wildman–Crippen MR) is 75.6 cm³/mol. The number of carbonyl (C=O) groups excluding carboxylic acids is 1. The summed E-state index contributed by atoms with van der Waals surface area (Å²) in [4.78, 5) is 12.5. The van der Waals surface area contributed by atoms with Crippen LogP contribution >= 0.6 is 0 Å². The van der Waals surface area contributed by atoms with Crippen LogP contribution in [0.2, 0.25) is 0 Å². The normalized spacial score (nSPS) is 10.8. The molecule has 1 heterocycles. The number of benzene rings is 2. The molecule has 2 heteroatoms. The van der Waals surface area contributed by atoms with Gasteiger partial charge in [-0.2, -0.15) is 0 Å². The Morgan fingerprint density at radius 3 is 2.53 bits per heavy atom. The van der Waals surface area contributed by atoms with Crippen LogP contribution in [0, 0.1) is 13.8 Å². The van der Waals surface area contributed by atoms with Crippen molar-refractivity contribution in [1.29, 1.82) is 0 Å². The highest BCUT2D eigenvalue weighted by Crippen LogP contribution is 2.22. The van der Waals surface area contributed by atoms with Gasteiger partial charge in [-0.05, 0) is 31.5 Å². The monoisotopic (exact) mass is 250 g/mol. The number of fused-ring (bicyclic) bond motifs is 1. The third-order valence-corrected chi connectivity index (χ3v) is 3.28. The summed E-state index contributed by atoms with van der Waals surface area (Å²) in [6.07, 6.45) is 0. The van der Waals surface area contributed by atoms with Gasteiger partial charge in [0.25, 0.3) is 0 Å². The van der Waals surface area contributed by atoms with Crippen molar-refractivity contribution in [2.24, 2.45) is 0 Å². The molecule has 0 unspecified atom stereocenters. The van der Waals surface area contributed by atoms with Crippen LogP contribution in [0.1, 0.15) is 27.2 Å². The summed E-state index contributed by atoms with van der Waals surface area (Å²) in [7, 11) is 0. The third kappa shape index (κ3) is 2.06. The first kappa shape index (κ1) is 11.7. The topological polar surface area (TPSA) is 30.2 Å². The fourth-order valence-corrected chi connectivity index (χ4v) is 2.29. The van der Waals surface area contributed by atoms with Crippen LogP contribution in [0.4, 0.5) is 0 Å². The number of hydrogen-bond acceptors (Lipinski definition) is 2. The van der Waals surface area contributed by atoms with Crippen LogP contribution in [0.5, 0.6) is 0 Å². The Bertz CT molecular complexity index is 733. The van der Waals surface area contributed by atoms with Gasteiger partial charge in [-0.1, -0.05) is 42.0 Å². The molecule has 0 saturated carbocycles. The second-order valence-corrected chi connectivity index (χ2v) is 4.80. The lowest BCUT2D eigenvalue weighted by Crippen LogP contribution is -2.02. The van der Waals surface area contributed by atoms with Gasteiger partial charge in [0.2, 0.25) is 5.78 Å². The van der Waals surface area contributed by atoms with Crippen LogP contribution in [-0.2, 0) is 0 Å². The molecule has 0 fully saturated rings. The molecule has 0 N–H and O–H groups in total. The number of rotatable bonds is 2. The first-order chi connectivity index (χ1) is 9.15. The van der Waals surface area contributed by atoms with Crippen molar-refractivity contribution in [3.8, 4) is 0 Å². The Morgan fingerprint density at radius 2 is 1.79 bits per heavy atom. The molecule has 0 spiro atoms. The highest BCUT2D eigenvalue weighted by Gasteiger charge is 2.16. The smallest absolute Gasteiger partial charge is 0.228 e. The second kappa shape index (κ2) is 4.39. The van der Waals surface area contributed by atoms with Crippen LogP contribution in [0.25, 0.3) is 11.0 Å². The molecule has 3 rings (SSSR count). The summed E-state index contributed by atoms with van der Waals surface area (Å²) in [6.45, 7) is 3.96. The van der Waals surface area contributed by atoms with Crippen LogP contribution in [0.15, 0.2) is 52.9 Å². The van der Waals surface area contributed by atoms with E-state index in [2.05, 4.69) is 0 Å². The van der Waals surface area contributed by atoms with Crippen molar-refractivity contribution in [3.05, 3.63) is 71.0 Å². The zero-order valence-electron chi connectivity index (χ0n) is 10.9. The van der Waals surface area contributed by atoms with Gasteiger partial charge in [0.05, 0.1) is 0 Å². The van der Waals surface area contributed by atoms with Gasteiger partial charge in [-0.15, -0.1) is 0 Å². The van der Waals surface area contributed by atoms with Crippen LogP contribution in [-0.4, -0.2) is 5.78 Å². The lowest BCUT2D eigenvalue weighted by Gasteiger charge is -2.03. The van der Waals surface area contributed by atoms with Gasteiger partial charge in [-0.25, -0.2) is 0 Å². The zero-order chi connectivity index (χ0) is 13.4. The summed E-state index contributed by atoms with van der Waals surface area (Å²) in [5.74, 6) is 0.335. The van der Waals surface area contributed by atoms with Crippen molar-refractivity contribution in [1.82, 2.24) is 0 Å². The minimum absolute atomic E-state index is 0.0614. The van der Waals surface area contributed by atoms with Crippen molar-refractivity contribution in [2.45, 2.75) is 13.8 Å². The van der Waals surface area contributed by atoms with Crippen molar-refractivity contribution < 1.29 is 9.21 Å². The van der Waals surface area contributed by atoms with Gasteiger partial charge in [0.1, 0.15) is 5.58 Å². The molecule has 0 aliphatic heterocycles. The van der Waals surface area contributed by atoms with Gasteiger partial charge in [0, 0.05) is 10.9 Å². The first-order valence-electron chi connectivity index (χ1n) is 6.26. The Morgan fingerprint density at radius 1 is 1.00 bits per heavy atom. The average molecular weight is 250 g/mol. The molecule has 2 aromatic carbocycles. The molecule has 0 radical (unpaired) electrons. The second-order valence-electron chi connectivity index (χ2n) is 4.80. The molecule has 0 atom stereocenters. The van der Waals surface area contributed by atoms with E-state index in [9.17, 15) is 4.79 Å². The Kier molecular flexibility index (Phi) is 2.71. The van der Waals surface area contributed by atoms with Crippen molar-refractivity contribution in [3.63, 3.8) is 0 Å². The molecular formula is C17H14O2. The summed E-state index contributed by atoms with van der Waals surface area (Å²) in [5, 5.41) is 0.954. The minimum atomic E-state index is -0.0614. The standard InChI is InChI=1S/C17H14O2/c1-11-7-8-14(12(2)9-11)17(18)16-10-13-5-3-4-6-15(13)19-16/h3-10H,1-2H3. The highest BCUT2D eigenvalue weighted by atomic mass is 16.3. The maximum absolute atomic E-state index is 12.5. The number of hydrogen-bond donors (Lipinski definition) is 0.